The van der Waals surface area contributed by atoms with E-state index in [0.717, 1.165) is 23.8 Å². The van der Waals surface area contributed by atoms with Crippen molar-refractivity contribution in [2.24, 2.45) is 0 Å². The molecule has 2 atom stereocenters. The molecule has 8 heteroatoms. The van der Waals surface area contributed by atoms with E-state index in [-0.39, 0.29) is 35.8 Å². The fourth-order valence-corrected chi connectivity index (χ4v) is 6.87. The lowest BCUT2D eigenvalue weighted by atomic mass is 9.84. The molecule has 0 radical (unpaired) electrons. The Balaban J connectivity index is 1.53. The Labute approximate surface area is 205 Å². The number of hydrogen-bond acceptors (Lipinski definition) is 5. The number of para-hydroxylation sites is 1. The number of furan rings is 1. The van der Waals surface area contributed by atoms with Gasteiger partial charge in [-0.25, -0.2) is 8.42 Å². The maximum atomic E-state index is 13.7. The van der Waals surface area contributed by atoms with Crippen molar-refractivity contribution in [1.82, 2.24) is 9.21 Å². The van der Waals surface area contributed by atoms with Crippen molar-refractivity contribution in [2.45, 2.75) is 49.1 Å². The quantitative estimate of drug-likeness (QED) is 0.560. The van der Waals surface area contributed by atoms with Gasteiger partial charge in [0.15, 0.2) is 0 Å². The van der Waals surface area contributed by atoms with E-state index in [2.05, 4.69) is 6.58 Å². The Morgan fingerprint density at radius 3 is 2.49 bits per heavy atom. The van der Waals surface area contributed by atoms with Gasteiger partial charge in [-0.15, -0.1) is 0 Å². The monoisotopic (exact) mass is 494 g/mol. The first kappa shape index (κ1) is 23.8. The van der Waals surface area contributed by atoms with Crippen LogP contribution in [0.2, 0.25) is 0 Å². The van der Waals surface area contributed by atoms with Gasteiger partial charge in [0.1, 0.15) is 16.9 Å². The van der Waals surface area contributed by atoms with E-state index < -0.39 is 21.7 Å². The van der Waals surface area contributed by atoms with Crippen LogP contribution in [0.25, 0.3) is 16.5 Å². The molecule has 3 aromatic rings. The van der Waals surface area contributed by atoms with Crippen LogP contribution in [0.1, 0.15) is 37.0 Å². The molecule has 1 amide bonds. The van der Waals surface area contributed by atoms with E-state index in [0.29, 0.717) is 24.4 Å². The molecule has 2 aromatic carbocycles. The highest BCUT2D eigenvalue weighted by atomic mass is 32.2. The van der Waals surface area contributed by atoms with Gasteiger partial charge in [0.25, 0.3) is 0 Å². The van der Waals surface area contributed by atoms with Crippen molar-refractivity contribution in [1.29, 1.82) is 0 Å². The second-order valence-corrected chi connectivity index (χ2v) is 11.4. The largest absolute Gasteiger partial charge is 0.456 e. The molecule has 7 nitrogen and oxygen atoms in total. The highest BCUT2D eigenvalue weighted by Gasteiger charge is 2.54. The zero-order chi connectivity index (χ0) is 24.8. The second kappa shape index (κ2) is 8.93. The molecule has 0 aliphatic carbocycles. The number of rotatable bonds is 6. The number of amides is 1. The molecule has 0 saturated carbocycles. The van der Waals surface area contributed by atoms with E-state index in [9.17, 15) is 18.3 Å². The number of carbonyl (C=O) groups excluding carboxylic acids is 1. The van der Waals surface area contributed by atoms with Crippen molar-refractivity contribution in [3.8, 4) is 0 Å². The second-order valence-electron chi connectivity index (χ2n) is 9.54. The summed E-state index contributed by atoms with van der Waals surface area (Å²) in [5.74, 6) is 0.233. The fourth-order valence-electron chi connectivity index (χ4n) is 5.20. The Bertz CT molecular complexity index is 1340. The third-order valence-corrected chi connectivity index (χ3v) is 9.23. The molecular weight excluding hydrogens is 464 g/mol. The molecule has 5 rings (SSSR count). The number of likely N-dealkylation sites (tertiary alicyclic amines) is 1. The highest BCUT2D eigenvalue weighted by molar-refractivity contribution is 7.89. The van der Waals surface area contributed by atoms with Crippen molar-refractivity contribution in [3.05, 3.63) is 72.5 Å². The van der Waals surface area contributed by atoms with Crippen LogP contribution >= 0.6 is 0 Å². The summed E-state index contributed by atoms with van der Waals surface area (Å²) in [4.78, 5) is 15.1. The van der Waals surface area contributed by atoms with Gasteiger partial charge in [-0.05, 0) is 50.5 Å². The highest BCUT2D eigenvalue weighted by Crippen LogP contribution is 2.44. The standard InChI is InChI=1S/C27H30N2O5S/c1-19-9-11-22(12-10-19)35(32,33)29-16-13-27(31,25(29)18-26(30)28-14-5-6-15-28)20(2)24-17-21-7-3-4-8-23(21)34-24/h3-4,7-12,17,25,31H,2,5-6,13-16,18H2,1H3/t25-,27+/m0/s1. The van der Waals surface area contributed by atoms with Crippen molar-refractivity contribution in [2.75, 3.05) is 19.6 Å². The summed E-state index contributed by atoms with van der Waals surface area (Å²) in [5, 5.41) is 12.8. The number of carbonyl (C=O) groups is 1. The third-order valence-electron chi connectivity index (χ3n) is 7.31. The Morgan fingerprint density at radius 1 is 1.11 bits per heavy atom. The van der Waals surface area contributed by atoms with Crippen molar-refractivity contribution in [3.63, 3.8) is 0 Å². The molecule has 2 aliphatic heterocycles. The topological polar surface area (TPSA) is 91.1 Å². The molecule has 2 aliphatic rings. The van der Waals surface area contributed by atoms with Gasteiger partial charge in [0.2, 0.25) is 15.9 Å². The molecule has 2 saturated heterocycles. The maximum Gasteiger partial charge on any atom is 0.243 e. The number of fused-ring (bicyclic) bond motifs is 1. The minimum absolute atomic E-state index is 0.0733. The van der Waals surface area contributed by atoms with E-state index >= 15 is 0 Å². The van der Waals surface area contributed by atoms with Crippen LogP contribution < -0.4 is 0 Å². The smallest absolute Gasteiger partial charge is 0.243 e. The Kier molecular flexibility index (Phi) is 6.07. The molecule has 2 fully saturated rings. The lowest BCUT2D eigenvalue weighted by Gasteiger charge is -2.35. The van der Waals surface area contributed by atoms with Gasteiger partial charge in [0, 0.05) is 37.0 Å². The van der Waals surface area contributed by atoms with E-state index in [1.54, 1.807) is 35.2 Å². The molecule has 0 bridgehead atoms. The van der Waals surface area contributed by atoms with Crippen LogP contribution in [0.3, 0.4) is 0 Å². The zero-order valence-electron chi connectivity index (χ0n) is 19.8. The number of benzene rings is 2. The van der Waals surface area contributed by atoms with Gasteiger partial charge in [-0.2, -0.15) is 4.31 Å². The fraction of sp³-hybridized carbons (Fsp3) is 0.370. The maximum absolute atomic E-state index is 13.7. The van der Waals surface area contributed by atoms with Crippen LogP contribution in [-0.2, 0) is 14.8 Å². The summed E-state index contributed by atoms with van der Waals surface area (Å²) in [6.45, 7) is 7.41. The molecule has 0 spiro atoms. The first-order valence-electron chi connectivity index (χ1n) is 12.0. The number of sulfonamides is 1. The van der Waals surface area contributed by atoms with Crippen LogP contribution in [0, 0.1) is 6.92 Å². The van der Waals surface area contributed by atoms with Gasteiger partial charge < -0.3 is 14.4 Å². The molecule has 1 N–H and O–H groups in total. The molecular formula is C27H30N2O5S. The average Bonchev–Trinajstić information content (AvgIpc) is 3.59. The SMILES string of the molecule is C=C(c1cc2ccccc2o1)[C@]1(O)CCN(S(=O)(=O)c2ccc(C)cc2)[C@H]1CC(=O)N1CCCC1. The van der Waals surface area contributed by atoms with E-state index in [1.165, 1.54) is 4.31 Å². The van der Waals surface area contributed by atoms with Gasteiger partial charge in [0.05, 0.1) is 10.9 Å². The van der Waals surface area contributed by atoms with Crippen LogP contribution in [-0.4, -0.2) is 59.9 Å². The molecule has 0 unspecified atom stereocenters. The number of nitrogens with zero attached hydrogens (tertiary/aromatic N) is 2. The van der Waals surface area contributed by atoms with Gasteiger partial charge in [-0.1, -0.05) is 42.5 Å². The summed E-state index contributed by atoms with van der Waals surface area (Å²) >= 11 is 0. The van der Waals surface area contributed by atoms with E-state index in [4.69, 9.17) is 4.42 Å². The van der Waals surface area contributed by atoms with Crippen molar-refractivity contribution >= 4 is 32.5 Å². The number of aliphatic hydroxyl groups is 1. The first-order chi connectivity index (χ1) is 16.7. The molecule has 35 heavy (non-hydrogen) atoms. The molecule has 1 aromatic heterocycles. The van der Waals surface area contributed by atoms with E-state index in [1.807, 2.05) is 31.2 Å². The molecule has 3 heterocycles. The van der Waals surface area contributed by atoms with Crippen LogP contribution in [0.5, 0.6) is 0 Å². The normalized spacial score (nSPS) is 23.3. The number of aryl methyl sites for hydroxylation is 1. The summed E-state index contributed by atoms with van der Waals surface area (Å²) in [6.07, 6.45) is 1.85. The predicted octanol–water partition coefficient (Wildman–Crippen LogP) is 3.96. The average molecular weight is 495 g/mol. The minimum Gasteiger partial charge on any atom is -0.456 e. The third kappa shape index (κ3) is 4.20. The van der Waals surface area contributed by atoms with Crippen LogP contribution in [0.4, 0.5) is 0 Å². The van der Waals surface area contributed by atoms with Crippen molar-refractivity contribution < 1.29 is 22.7 Å². The van der Waals surface area contributed by atoms with Gasteiger partial charge in [-0.3, -0.25) is 4.79 Å². The Hall–Kier alpha value is -2.94. The zero-order valence-corrected chi connectivity index (χ0v) is 20.6. The molecule has 184 valence electrons. The lowest BCUT2D eigenvalue weighted by Crippen LogP contribution is -2.50. The lowest BCUT2D eigenvalue weighted by molar-refractivity contribution is -0.132. The van der Waals surface area contributed by atoms with Crippen LogP contribution in [0.15, 0.2) is 70.5 Å². The predicted molar refractivity (Wildman–Crippen MR) is 134 cm³/mol. The Morgan fingerprint density at radius 2 is 1.80 bits per heavy atom. The summed E-state index contributed by atoms with van der Waals surface area (Å²) in [5.41, 5.74) is 0.232. The summed E-state index contributed by atoms with van der Waals surface area (Å²) in [6, 6.07) is 14.9. The minimum atomic E-state index is -3.95. The summed E-state index contributed by atoms with van der Waals surface area (Å²) < 4.78 is 34.6. The first-order valence-corrected chi connectivity index (χ1v) is 13.4. The van der Waals surface area contributed by atoms with Gasteiger partial charge >= 0.3 is 0 Å². The summed E-state index contributed by atoms with van der Waals surface area (Å²) in [7, 11) is -3.95. The number of hydrogen-bond donors (Lipinski definition) is 1.